The Kier molecular flexibility index (Phi) is 6.58. The molecule has 13 heteroatoms. The van der Waals surface area contributed by atoms with Crippen LogP contribution < -0.4 is 10.2 Å². The summed E-state index contributed by atoms with van der Waals surface area (Å²) in [5.41, 5.74) is -0.506. The number of methoxy groups -OCH3 is 1. The summed E-state index contributed by atoms with van der Waals surface area (Å²) in [6, 6.07) is 4.57. The highest BCUT2D eigenvalue weighted by Gasteiger charge is 2.28. The average molecular weight is 509 g/mol. The van der Waals surface area contributed by atoms with Crippen LogP contribution in [0.25, 0.3) is 0 Å². The maximum absolute atomic E-state index is 12.5. The van der Waals surface area contributed by atoms with Crippen molar-refractivity contribution >= 4 is 56.1 Å². The molecule has 168 valence electrons. The lowest BCUT2D eigenvalue weighted by atomic mass is 9.98. The number of rotatable bonds is 7. The molecule has 1 aliphatic rings. The number of non-ortho nitro benzene ring substituents is 1. The number of Topliss-reactive ketones (excluding diaryl/α,β-unsaturated/α-hetero) is 1. The number of ketones is 1. The molecule has 0 fully saturated rings. The van der Waals surface area contributed by atoms with Crippen molar-refractivity contribution in [3.63, 3.8) is 0 Å². The smallest absolute Gasteiger partial charge is 0.307 e. The van der Waals surface area contributed by atoms with Crippen LogP contribution in [0, 0.1) is 20.2 Å². The number of carbonyl (C=O) groups is 2. The van der Waals surface area contributed by atoms with Crippen molar-refractivity contribution in [2.24, 2.45) is 0 Å². The predicted molar refractivity (Wildman–Crippen MR) is 117 cm³/mol. The normalized spacial score (nSPS) is 12.8. The number of hydrogen-bond acceptors (Lipinski definition) is 10. The first-order valence-corrected chi connectivity index (χ1v) is 10.0. The van der Waals surface area contributed by atoms with Crippen LogP contribution in [-0.2, 0) is 9.53 Å². The fourth-order valence-electron chi connectivity index (χ4n) is 3.30. The SMILES string of the molecule is COC(=O)CCN1CCC(=O)c2cc(Nc3c(Br)cc([N+](=O)[O-])cc3[N+](=O)[O-])c(O)cc21. The summed E-state index contributed by atoms with van der Waals surface area (Å²) < 4.78 is 4.66. The van der Waals surface area contributed by atoms with Crippen LogP contribution in [-0.4, -0.2) is 46.9 Å². The van der Waals surface area contributed by atoms with Gasteiger partial charge in [-0.25, -0.2) is 0 Å². The summed E-state index contributed by atoms with van der Waals surface area (Å²) in [5, 5.41) is 35.7. The Labute approximate surface area is 189 Å². The maximum atomic E-state index is 12.5. The highest BCUT2D eigenvalue weighted by molar-refractivity contribution is 9.10. The lowest BCUT2D eigenvalue weighted by Crippen LogP contribution is -2.34. The predicted octanol–water partition coefficient (Wildman–Crippen LogP) is 3.67. The maximum Gasteiger partial charge on any atom is 0.307 e. The number of anilines is 3. The summed E-state index contributed by atoms with van der Waals surface area (Å²) in [4.78, 5) is 46.6. The molecular formula is C19H17BrN4O8. The molecule has 0 aromatic heterocycles. The molecule has 0 saturated heterocycles. The highest BCUT2D eigenvalue weighted by Crippen LogP contribution is 2.42. The Morgan fingerprint density at radius 1 is 1.25 bits per heavy atom. The van der Waals surface area contributed by atoms with Gasteiger partial charge < -0.3 is 20.1 Å². The van der Waals surface area contributed by atoms with Crippen molar-refractivity contribution < 1.29 is 29.3 Å². The van der Waals surface area contributed by atoms with E-state index in [1.165, 1.54) is 19.2 Å². The number of nitrogens with one attached hydrogen (secondary N) is 1. The zero-order chi connectivity index (χ0) is 23.6. The Morgan fingerprint density at radius 3 is 2.59 bits per heavy atom. The molecule has 0 saturated carbocycles. The molecule has 12 nitrogen and oxygen atoms in total. The van der Waals surface area contributed by atoms with Crippen molar-refractivity contribution in [3.05, 3.63) is 54.5 Å². The number of aromatic hydroxyl groups is 1. The van der Waals surface area contributed by atoms with E-state index in [4.69, 9.17) is 0 Å². The van der Waals surface area contributed by atoms with E-state index >= 15 is 0 Å². The molecule has 3 rings (SSSR count). The Morgan fingerprint density at radius 2 is 1.97 bits per heavy atom. The highest BCUT2D eigenvalue weighted by atomic mass is 79.9. The van der Waals surface area contributed by atoms with E-state index < -0.39 is 27.2 Å². The second kappa shape index (κ2) is 9.18. The molecule has 1 heterocycles. The standard InChI is InChI=1S/C19H17BrN4O8/c1-32-18(27)3-5-22-4-2-16(25)11-8-13(17(26)9-14(11)22)21-19-12(20)6-10(23(28)29)7-15(19)24(30)31/h6-9,21,26H,2-5H2,1H3. The van der Waals surface area contributed by atoms with E-state index in [0.29, 0.717) is 12.2 Å². The number of esters is 1. The second-order valence-corrected chi connectivity index (χ2v) is 7.69. The van der Waals surface area contributed by atoms with Crippen LogP contribution >= 0.6 is 15.9 Å². The van der Waals surface area contributed by atoms with E-state index in [-0.39, 0.29) is 52.3 Å². The van der Waals surface area contributed by atoms with Crippen molar-refractivity contribution in [1.82, 2.24) is 0 Å². The molecular weight excluding hydrogens is 492 g/mol. The molecule has 0 aliphatic carbocycles. The number of ether oxygens (including phenoxy) is 1. The minimum atomic E-state index is -0.796. The molecule has 0 spiro atoms. The van der Waals surface area contributed by atoms with Gasteiger partial charge in [-0.2, -0.15) is 0 Å². The first kappa shape index (κ1) is 22.9. The Balaban J connectivity index is 2.00. The zero-order valence-corrected chi connectivity index (χ0v) is 18.2. The zero-order valence-electron chi connectivity index (χ0n) is 16.7. The van der Waals surface area contributed by atoms with Gasteiger partial charge in [-0.15, -0.1) is 0 Å². The molecule has 0 amide bonds. The minimum Gasteiger partial charge on any atom is -0.506 e. The summed E-state index contributed by atoms with van der Waals surface area (Å²) in [7, 11) is 1.27. The van der Waals surface area contributed by atoms with Gasteiger partial charge in [0.2, 0.25) is 0 Å². The number of phenols is 1. The van der Waals surface area contributed by atoms with Crippen molar-refractivity contribution in [1.29, 1.82) is 0 Å². The van der Waals surface area contributed by atoms with E-state index in [1.807, 2.05) is 0 Å². The quantitative estimate of drug-likeness (QED) is 0.243. The largest absolute Gasteiger partial charge is 0.506 e. The molecule has 2 aromatic rings. The van der Waals surface area contributed by atoms with Gasteiger partial charge in [0.25, 0.3) is 5.69 Å². The molecule has 1 aliphatic heterocycles. The fourth-order valence-corrected chi connectivity index (χ4v) is 3.84. The number of hydrogen-bond donors (Lipinski definition) is 2. The van der Waals surface area contributed by atoms with Crippen molar-refractivity contribution in [2.75, 3.05) is 30.4 Å². The molecule has 0 atom stereocenters. The number of carbonyl (C=O) groups excluding carboxylic acids is 2. The van der Waals surface area contributed by atoms with Gasteiger partial charge in [-0.3, -0.25) is 29.8 Å². The molecule has 0 bridgehead atoms. The molecule has 2 N–H and O–H groups in total. The molecule has 0 unspecified atom stereocenters. The van der Waals surface area contributed by atoms with Crippen LogP contribution in [0.15, 0.2) is 28.7 Å². The van der Waals surface area contributed by atoms with Crippen LogP contribution in [0.5, 0.6) is 5.75 Å². The topological polar surface area (TPSA) is 165 Å². The number of benzene rings is 2. The summed E-state index contributed by atoms with van der Waals surface area (Å²) in [5.74, 6) is -0.919. The Hall–Kier alpha value is -3.74. The third kappa shape index (κ3) is 4.61. The monoisotopic (exact) mass is 508 g/mol. The van der Waals surface area contributed by atoms with Gasteiger partial charge in [0.05, 0.1) is 45.3 Å². The average Bonchev–Trinajstić information content (AvgIpc) is 2.74. The molecule has 2 aromatic carbocycles. The number of nitrogens with zero attached hydrogens (tertiary/aromatic N) is 3. The summed E-state index contributed by atoms with van der Waals surface area (Å²) in [6.45, 7) is 0.632. The fraction of sp³-hybridized carbons (Fsp3) is 0.263. The van der Waals surface area contributed by atoms with E-state index in [0.717, 1.165) is 12.1 Å². The van der Waals surface area contributed by atoms with Gasteiger partial charge in [-0.05, 0) is 22.0 Å². The van der Waals surface area contributed by atoms with E-state index in [1.54, 1.807) is 4.90 Å². The van der Waals surface area contributed by atoms with Gasteiger partial charge in [0, 0.05) is 37.2 Å². The first-order chi connectivity index (χ1) is 15.1. The van der Waals surface area contributed by atoms with E-state index in [2.05, 4.69) is 26.0 Å². The minimum absolute atomic E-state index is 0.00423. The van der Waals surface area contributed by atoms with Crippen LogP contribution in [0.4, 0.5) is 28.4 Å². The third-order valence-electron chi connectivity index (χ3n) is 4.90. The third-order valence-corrected chi connectivity index (χ3v) is 5.52. The van der Waals surface area contributed by atoms with Crippen LogP contribution in [0.3, 0.4) is 0 Å². The number of nitro groups is 2. The summed E-state index contributed by atoms with van der Waals surface area (Å²) in [6.07, 6.45) is 0.270. The first-order valence-electron chi connectivity index (χ1n) is 9.23. The van der Waals surface area contributed by atoms with Crippen molar-refractivity contribution in [2.45, 2.75) is 12.8 Å². The molecule has 32 heavy (non-hydrogen) atoms. The number of nitro benzene ring substituents is 2. The van der Waals surface area contributed by atoms with Crippen LogP contribution in [0.2, 0.25) is 0 Å². The summed E-state index contributed by atoms with van der Waals surface area (Å²) >= 11 is 3.08. The number of fused-ring (bicyclic) bond motifs is 1. The number of phenolic OH excluding ortho intramolecular Hbond substituents is 1. The lowest BCUT2D eigenvalue weighted by Gasteiger charge is -2.31. The second-order valence-electron chi connectivity index (χ2n) is 6.83. The van der Waals surface area contributed by atoms with Gasteiger partial charge in [-0.1, -0.05) is 0 Å². The number of halogens is 1. The van der Waals surface area contributed by atoms with Gasteiger partial charge in [0.15, 0.2) is 5.78 Å². The van der Waals surface area contributed by atoms with Gasteiger partial charge >= 0.3 is 11.7 Å². The van der Waals surface area contributed by atoms with Gasteiger partial charge in [0.1, 0.15) is 11.4 Å². The van der Waals surface area contributed by atoms with E-state index in [9.17, 15) is 34.9 Å². The van der Waals surface area contributed by atoms with Crippen LogP contribution in [0.1, 0.15) is 23.2 Å². The molecule has 0 radical (unpaired) electrons. The van der Waals surface area contributed by atoms with Crippen molar-refractivity contribution in [3.8, 4) is 5.75 Å². The lowest BCUT2D eigenvalue weighted by molar-refractivity contribution is -0.393. The Bertz CT molecular complexity index is 1140.